The second-order valence-corrected chi connectivity index (χ2v) is 4.88. The first kappa shape index (κ1) is 13.6. The fourth-order valence-corrected chi connectivity index (χ4v) is 2.15. The summed E-state index contributed by atoms with van der Waals surface area (Å²) in [4.78, 5) is 2.34. The molecule has 0 aliphatic rings. The van der Waals surface area contributed by atoms with Gasteiger partial charge in [-0.05, 0) is 43.7 Å². The van der Waals surface area contributed by atoms with E-state index < -0.39 is 0 Å². The van der Waals surface area contributed by atoms with E-state index in [2.05, 4.69) is 47.3 Å². The maximum absolute atomic E-state index is 5.64. The summed E-state index contributed by atoms with van der Waals surface area (Å²) in [5.74, 6) is 0. The molecule has 0 unspecified atom stereocenters. The molecule has 0 amide bonds. The third-order valence-corrected chi connectivity index (χ3v) is 3.12. The molecule has 0 atom stereocenters. The van der Waals surface area contributed by atoms with Crippen molar-refractivity contribution in [3.05, 3.63) is 47.8 Å². The van der Waals surface area contributed by atoms with E-state index in [0.717, 1.165) is 25.2 Å². The molecule has 2 aromatic rings. The van der Waals surface area contributed by atoms with Gasteiger partial charge >= 0.3 is 0 Å². The minimum Gasteiger partial charge on any atom is -0.366 e. The molecule has 0 saturated carbocycles. The van der Waals surface area contributed by atoms with Gasteiger partial charge in [-0.2, -0.15) is 5.10 Å². The highest BCUT2D eigenvalue weighted by molar-refractivity contribution is 5.48. The number of anilines is 1. The van der Waals surface area contributed by atoms with E-state index in [9.17, 15) is 0 Å². The van der Waals surface area contributed by atoms with Crippen molar-refractivity contribution < 1.29 is 0 Å². The third kappa shape index (κ3) is 3.83. The maximum atomic E-state index is 5.64. The molecule has 2 N–H and O–H groups in total. The summed E-state index contributed by atoms with van der Waals surface area (Å²) in [7, 11) is 1.94. The summed E-state index contributed by atoms with van der Waals surface area (Å²) in [5.41, 5.74) is 9.23. The van der Waals surface area contributed by atoms with Gasteiger partial charge in [0.05, 0.1) is 12.2 Å². The minimum atomic E-state index is 0.713. The normalized spacial score (nSPS) is 10.7. The summed E-state index contributed by atoms with van der Waals surface area (Å²) in [6, 6.07) is 10.6. The molecule has 0 aliphatic heterocycles. The molecule has 4 nitrogen and oxygen atoms in total. The van der Waals surface area contributed by atoms with Crippen molar-refractivity contribution in [2.75, 3.05) is 18.0 Å². The topological polar surface area (TPSA) is 47.1 Å². The van der Waals surface area contributed by atoms with Crippen LogP contribution in [0.5, 0.6) is 0 Å². The smallest absolute Gasteiger partial charge is 0.0817 e. The zero-order chi connectivity index (χ0) is 13.7. The average Bonchev–Trinajstić information content (AvgIpc) is 2.80. The van der Waals surface area contributed by atoms with Crippen LogP contribution in [0.2, 0.25) is 0 Å². The molecule has 0 radical (unpaired) electrons. The fourth-order valence-electron chi connectivity index (χ4n) is 2.15. The van der Waals surface area contributed by atoms with Crippen LogP contribution in [0.1, 0.15) is 17.7 Å². The van der Waals surface area contributed by atoms with E-state index in [0.29, 0.717) is 6.54 Å². The van der Waals surface area contributed by atoms with E-state index in [-0.39, 0.29) is 0 Å². The van der Waals surface area contributed by atoms with Crippen molar-refractivity contribution in [2.45, 2.75) is 19.9 Å². The number of rotatable bonds is 6. The van der Waals surface area contributed by atoms with E-state index in [4.69, 9.17) is 5.73 Å². The van der Waals surface area contributed by atoms with Gasteiger partial charge in [0, 0.05) is 25.5 Å². The molecule has 0 bridgehead atoms. The lowest BCUT2D eigenvalue weighted by Gasteiger charge is -2.24. The summed E-state index contributed by atoms with van der Waals surface area (Å²) in [6.07, 6.45) is 2.97. The molecule has 1 aromatic carbocycles. The largest absolute Gasteiger partial charge is 0.366 e. The van der Waals surface area contributed by atoms with Crippen molar-refractivity contribution in [2.24, 2.45) is 12.8 Å². The molecule has 0 aliphatic carbocycles. The average molecular weight is 258 g/mol. The first-order valence-corrected chi connectivity index (χ1v) is 6.69. The number of hydrogen-bond acceptors (Lipinski definition) is 3. The van der Waals surface area contributed by atoms with Gasteiger partial charge < -0.3 is 10.6 Å². The second kappa shape index (κ2) is 6.38. The Bertz CT molecular complexity index is 518. The monoisotopic (exact) mass is 258 g/mol. The molecule has 1 aromatic heterocycles. The highest BCUT2D eigenvalue weighted by Crippen LogP contribution is 2.18. The van der Waals surface area contributed by atoms with Crippen LogP contribution in [0.4, 0.5) is 5.69 Å². The Kier molecular flexibility index (Phi) is 4.58. The van der Waals surface area contributed by atoms with Crippen LogP contribution >= 0.6 is 0 Å². The predicted octanol–water partition coefficient (Wildman–Crippen LogP) is 2.08. The highest BCUT2D eigenvalue weighted by Gasteiger charge is 2.08. The van der Waals surface area contributed by atoms with Crippen LogP contribution in [-0.4, -0.2) is 22.9 Å². The Balaban J connectivity index is 2.15. The van der Waals surface area contributed by atoms with Crippen LogP contribution in [0.25, 0.3) is 0 Å². The SMILES string of the molecule is Cc1cccc(N(CCCN)Cc2ccn(C)n2)c1. The molecule has 2 rings (SSSR count). The van der Waals surface area contributed by atoms with Gasteiger partial charge in [-0.25, -0.2) is 0 Å². The molecular weight excluding hydrogens is 236 g/mol. The Hall–Kier alpha value is -1.81. The molecule has 0 saturated heterocycles. The van der Waals surface area contributed by atoms with Crippen LogP contribution in [0.15, 0.2) is 36.5 Å². The molecular formula is C15H22N4. The summed E-state index contributed by atoms with van der Waals surface area (Å²) in [5, 5.41) is 4.45. The van der Waals surface area contributed by atoms with Crippen LogP contribution < -0.4 is 10.6 Å². The number of nitrogens with zero attached hydrogens (tertiary/aromatic N) is 3. The first-order chi connectivity index (χ1) is 9.19. The lowest BCUT2D eigenvalue weighted by Crippen LogP contribution is -2.26. The van der Waals surface area contributed by atoms with Gasteiger partial charge in [-0.15, -0.1) is 0 Å². The zero-order valence-electron chi connectivity index (χ0n) is 11.7. The van der Waals surface area contributed by atoms with Crippen LogP contribution in [-0.2, 0) is 13.6 Å². The Morgan fingerprint density at radius 1 is 1.32 bits per heavy atom. The Labute approximate surface area is 114 Å². The van der Waals surface area contributed by atoms with Gasteiger partial charge in [-0.3, -0.25) is 4.68 Å². The summed E-state index contributed by atoms with van der Waals surface area (Å²) in [6.45, 7) is 4.61. The third-order valence-electron chi connectivity index (χ3n) is 3.12. The van der Waals surface area contributed by atoms with E-state index in [1.807, 2.05) is 17.9 Å². The molecule has 1 heterocycles. The number of nitrogens with two attached hydrogens (primary N) is 1. The van der Waals surface area contributed by atoms with Crippen molar-refractivity contribution >= 4 is 5.69 Å². The second-order valence-electron chi connectivity index (χ2n) is 4.88. The molecule has 19 heavy (non-hydrogen) atoms. The lowest BCUT2D eigenvalue weighted by molar-refractivity contribution is 0.696. The number of aromatic nitrogens is 2. The highest BCUT2D eigenvalue weighted by atomic mass is 15.3. The van der Waals surface area contributed by atoms with Gasteiger partial charge in [0.25, 0.3) is 0 Å². The number of aryl methyl sites for hydroxylation is 2. The maximum Gasteiger partial charge on any atom is 0.0817 e. The molecule has 0 fully saturated rings. The Morgan fingerprint density at radius 2 is 2.16 bits per heavy atom. The predicted molar refractivity (Wildman–Crippen MR) is 79.1 cm³/mol. The van der Waals surface area contributed by atoms with Crippen molar-refractivity contribution in [1.82, 2.24) is 9.78 Å². The number of hydrogen-bond donors (Lipinski definition) is 1. The molecule has 0 spiro atoms. The minimum absolute atomic E-state index is 0.713. The van der Waals surface area contributed by atoms with Gasteiger partial charge in [-0.1, -0.05) is 12.1 Å². The van der Waals surface area contributed by atoms with Crippen molar-refractivity contribution in [3.63, 3.8) is 0 Å². The van der Waals surface area contributed by atoms with Crippen molar-refractivity contribution in [1.29, 1.82) is 0 Å². The van der Waals surface area contributed by atoms with Crippen molar-refractivity contribution in [3.8, 4) is 0 Å². The first-order valence-electron chi connectivity index (χ1n) is 6.69. The molecule has 4 heteroatoms. The van der Waals surface area contributed by atoms with E-state index in [1.54, 1.807) is 0 Å². The van der Waals surface area contributed by atoms with Gasteiger partial charge in [0.1, 0.15) is 0 Å². The zero-order valence-corrected chi connectivity index (χ0v) is 11.7. The van der Waals surface area contributed by atoms with E-state index >= 15 is 0 Å². The Morgan fingerprint density at radius 3 is 2.79 bits per heavy atom. The van der Waals surface area contributed by atoms with Gasteiger partial charge in [0.2, 0.25) is 0 Å². The van der Waals surface area contributed by atoms with Crippen LogP contribution in [0.3, 0.4) is 0 Å². The standard InChI is InChI=1S/C15H22N4/c1-13-5-3-6-15(11-13)19(9-4-8-16)12-14-7-10-18(2)17-14/h3,5-7,10-11H,4,8-9,12,16H2,1-2H3. The van der Waals surface area contributed by atoms with Crippen LogP contribution in [0, 0.1) is 6.92 Å². The van der Waals surface area contributed by atoms with Gasteiger partial charge in [0.15, 0.2) is 0 Å². The lowest BCUT2D eigenvalue weighted by atomic mass is 10.2. The number of benzene rings is 1. The molecule has 102 valence electrons. The summed E-state index contributed by atoms with van der Waals surface area (Å²) >= 11 is 0. The fraction of sp³-hybridized carbons (Fsp3) is 0.400. The quantitative estimate of drug-likeness (QED) is 0.863. The van der Waals surface area contributed by atoms with E-state index in [1.165, 1.54) is 11.3 Å². The summed E-state index contributed by atoms with van der Waals surface area (Å²) < 4.78 is 1.84.